The number of rotatable bonds is 4. The van der Waals surface area contributed by atoms with Crippen LogP contribution in [0.5, 0.6) is 0 Å². The van der Waals surface area contributed by atoms with E-state index < -0.39 is 0 Å². The van der Waals surface area contributed by atoms with Crippen molar-refractivity contribution in [3.8, 4) is 0 Å². The molecular weight excluding hydrogens is 176 g/mol. The minimum absolute atomic E-state index is 0.853. The van der Waals surface area contributed by atoms with E-state index >= 15 is 0 Å². The molecule has 0 atom stereocenters. The average Bonchev–Trinajstić information content (AvgIpc) is 2.07. The predicted octanol–water partition coefficient (Wildman–Crippen LogP) is 2.63. The smallest absolute Gasteiger partial charge is 0.198 e. The van der Waals surface area contributed by atoms with Crippen molar-refractivity contribution in [3.05, 3.63) is 18.5 Å². The molecule has 0 fully saturated rings. The quantitative estimate of drug-likeness (QED) is 0.410. The van der Waals surface area contributed by atoms with Gasteiger partial charge in [-0.1, -0.05) is 17.7 Å². The maximum atomic E-state index is 4.08. The van der Waals surface area contributed by atoms with Gasteiger partial charge in [0, 0.05) is 18.1 Å². The maximum absolute atomic E-state index is 4.08. The number of aromatic nitrogens is 2. The standard InChI is InChI=1S/C7H10N2S2/c1-2-6-10-11-7-8-4-3-5-9-7/h3-5H,2,6H2,1H3. The van der Waals surface area contributed by atoms with Crippen molar-refractivity contribution in [2.75, 3.05) is 5.75 Å². The summed E-state index contributed by atoms with van der Waals surface area (Å²) in [6, 6.07) is 1.83. The van der Waals surface area contributed by atoms with Gasteiger partial charge < -0.3 is 0 Å². The molecule has 1 heterocycles. The minimum Gasteiger partial charge on any atom is -0.230 e. The van der Waals surface area contributed by atoms with Crippen LogP contribution in [0.25, 0.3) is 0 Å². The van der Waals surface area contributed by atoms with Crippen LogP contribution >= 0.6 is 21.6 Å². The maximum Gasteiger partial charge on any atom is 0.198 e. The molecule has 0 saturated heterocycles. The fourth-order valence-electron chi connectivity index (χ4n) is 0.506. The summed E-state index contributed by atoms with van der Waals surface area (Å²) < 4.78 is 0. The van der Waals surface area contributed by atoms with E-state index in [4.69, 9.17) is 0 Å². The summed E-state index contributed by atoms with van der Waals surface area (Å²) in [5, 5.41) is 0.853. The van der Waals surface area contributed by atoms with Crippen molar-refractivity contribution >= 4 is 21.6 Å². The van der Waals surface area contributed by atoms with E-state index in [9.17, 15) is 0 Å². The van der Waals surface area contributed by atoms with E-state index in [0.29, 0.717) is 0 Å². The summed E-state index contributed by atoms with van der Waals surface area (Å²) in [6.45, 7) is 2.17. The molecule has 0 aromatic carbocycles. The van der Waals surface area contributed by atoms with Gasteiger partial charge in [-0.05, 0) is 23.3 Å². The first-order chi connectivity index (χ1) is 5.43. The summed E-state index contributed by atoms with van der Waals surface area (Å²) in [5.74, 6) is 1.16. The zero-order valence-corrected chi connectivity index (χ0v) is 7.99. The monoisotopic (exact) mass is 186 g/mol. The molecule has 4 heteroatoms. The molecule has 0 aliphatic carbocycles. The van der Waals surface area contributed by atoms with E-state index in [1.165, 1.54) is 6.42 Å². The SMILES string of the molecule is CCCSSc1ncccn1. The van der Waals surface area contributed by atoms with Gasteiger partial charge in [-0.15, -0.1) is 0 Å². The molecule has 0 aliphatic rings. The van der Waals surface area contributed by atoms with Crippen LogP contribution in [0.4, 0.5) is 0 Å². The fraction of sp³-hybridized carbons (Fsp3) is 0.429. The van der Waals surface area contributed by atoms with Crippen molar-refractivity contribution in [1.29, 1.82) is 0 Å². The summed E-state index contributed by atoms with van der Waals surface area (Å²) in [4.78, 5) is 8.16. The van der Waals surface area contributed by atoms with Crippen LogP contribution in [-0.2, 0) is 0 Å². The fourth-order valence-corrected chi connectivity index (χ4v) is 2.39. The Morgan fingerprint density at radius 1 is 1.36 bits per heavy atom. The Hall–Kier alpha value is -0.220. The van der Waals surface area contributed by atoms with E-state index in [-0.39, 0.29) is 0 Å². The molecule has 1 rings (SSSR count). The third-order valence-corrected chi connectivity index (χ3v) is 3.32. The highest BCUT2D eigenvalue weighted by atomic mass is 33.1. The third kappa shape index (κ3) is 3.62. The van der Waals surface area contributed by atoms with Crippen molar-refractivity contribution in [3.63, 3.8) is 0 Å². The molecule has 2 nitrogen and oxygen atoms in total. The molecular formula is C7H10N2S2. The Bertz CT molecular complexity index is 191. The van der Waals surface area contributed by atoms with Gasteiger partial charge in [-0.2, -0.15) is 0 Å². The lowest BCUT2D eigenvalue weighted by Crippen LogP contribution is -1.80. The minimum atomic E-state index is 0.853. The second-order valence-electron chi connectivity index (χ2n) is 1.94. The zero-order valence-electron chi connectivity index (χ0n) is 6.36. The number of nitrogens with zero attached hydrogens (tertiary/aromatic N) is 2. The first kappa shape index (κ1) is 8.87. The van der Waals surface area contributed by atoms with Gasteiger partial charge in [-0.25, -0.2) is 9.97 Å². The van der Waals surface area contributed by atoms with E-state index in [2.05, 4.69) is 16.9 Å². The molecule has 0 saturated carbocycles. The number of hydrogen-bond acceptors (Lipinski definition) is 4. The molecule has 11 heavy (non-hydrogen) atoms. The first-order valence-corrected chi connectivity index (χ1v) is 5.82. The molecule has 60 valence electrons. The van der Waals surface area contributed by atoms with Crippen LogP contribution in [0.2, 0.25) is 0 Å². The second kappa shape index (κ2) is 5.43. The van der Waals surface area contributed by atoms with Crippen LogP contribution in [0, 0.1) is 0 Å². The Balaban J connectivity index is 2.28. The van der Waals surface area contributed by atoms with Crippen LogP contribution < -0.4 is 0 Å². The molecule has 1 aromatic rings. The molecule has 0 unspecified atom stereocenters. The summed E-state index contributed by atoms with van der Waals surface area (Å²) >= 11 is 0. The van der Waals surface area contributed by atoms with Gasteiger partial charge in [0.05, 0.1) is 0 Å². The van der Waals surface area contributed by atoms with E-state index in [1.54, 1.807) is 34.0 Å². The second-order valence-corrected chi connectivity index (χ2v) is 4.32. The summed E-state index contributed by atoms with van der Waals surface area (Å²) in [5.41, 5.74) is 0. The van der Waals surface area contributed by atoms with Gasteiger partial charge in [0.1, 0.15) is 0 Å². The Kier molecular flexibility index (Phi) is 4.38. The third-order valence-electron chi connectivity index (χ3n) is 0.963. The van der Waals surface area contributed by atoms with Gasteiger partial charge >= 0.3 is 0 Å². The van der Waals surface area contributed by atoms with Crippen molar-refractivity contribution in [2.24, 2.45) is 0 Å². The average molecular weight is 186 g/mol. The normalized spacial score (nSPS) is 9.91. The zero-order chi connectivity index (χ0) is 7.94. The highest BCUT2D eigenvalue weighted by molar-refractivity contribution is 8.76. The van der Waals surface area contributed by atoms with Gasteiger partial charge in [0.2, 0.25) is 0 Å². The molecule has 0 bridgehead atoms. The molecule has 0 radical (unpaired) electrons. The van der Waals surface area contributed by atoms with Crippen molar-refractivity contribution in [2.45, 2.75) is 18.5 Å². The molecule has 0 aliphatic heterocycles. The van der Waals surface area contributed by atoms with E-state index in [1.807, 2.05) is 6.07 Å². The van der Waals surface area contributed by atoms with E-state index in [0.717, 1.165) is 10.9 Å². The lowest BCUT2D eigenvalue weighted by molar-refractivity contribution is 0.973. The topological polar surface area (TPSA) is 25.8 Å². The van der Waals surface area contributed by atoms with Crippen molar-refractivity contribution < 1.29 is 0 Å². The van der Waals surface area contributed by atoms with Gasteiger partial charge in [0.15, 0.2) is 5.16 Å². The van der Waals surface area contributed by atoms with Crippen molar-refractivity contribution in [1.82, 2.24) is 9.97 Å². The lowest BCUT2D eigenvalue weighted by Gasteiger charge is -1.95. The van der Waals surface area contributed by atoms with Crippen LogP contribution in [0.1, 0.15) is 13.3 Å². The summed E-state index contributed by atoms with van der Waals surface area (Å²) in [6.07, 6.45) is 4.73. The van der Waals surface area contributed by atoms with Gasteiger partial charge in [0.25, 0.3) is 0 Å². The Morgan fingerprint density at radius 3 is 2.73 bits per heavy atom. The van der Waals surface area contributed by atoms with Crippen LogP contribution in [-0.4, -0.2) is 15.7 Å². The molecule has 0 spiro atoms. The summed E-state index contributed by atoms with van der Waals surface area (Å²) in [7, 11) is 3.44. The molecule has 1 aromatic heterocycles. The largest absolute Gasteiger partial charge is 0.230 e. The molecule has 0 amide bonds. The van der Waals surface area contributed by atoms with Crippen LogP contribution in [0.15, 0.2) is 23.6 Å². The van der Waals surface area contributed by atoms with Crippen LogP contribution in [0.3, 0.4) is 0 Å². The highest BCUT2D eigenvalue weighted by Gasteiger charge is 1.93. The Morgan fingerprint density at radius 2 is 2.09 bits per heavy atom. The van der Waals surface area contributed by atoms with Gasteiger partial charge in [-0.3, -0.25) is 0 Å². The molecule has 0 N–H and O–H groups in total. The number of hydrogen-bond donors (Lipinski definition) is 0. The Labute approximate surface area is 74.6 Å². The lowest BCUT2D eigenvalue weighted by atomic mass is 10.6. The highest BCUT2D eigenvalue weighted by Crippen LogP contribution is 2.27. The predicted molar refractivity (Wildman–Crippen MR) is 50.6 cm³/mol. The first-order valence-electron chi connectivity index (χ1n) is 3.50.